The molecule has 2 heteroatoms. The van der Waals surface area contributed by atoms with Crippen molar-refractivity contribution in [2.45, 2.75) is 13.3 Å². The molecule has 0 saturated carbocycles. The summed E-state index contributed by atoms with van der Waals surface area (Å²) in [6, 6.07) is 54.2. The molecule has 0 saturated heterocycles. The van der Waals surface area contributed by atoms with Crippen molar-refractivity contribution >= 4 is 66.5 Å². The molecule has 0 aliphatic heterocycles. The first-order chi connectivity index (χ1) is 22.2. The third-order valence-corrected chi connectivity index (χ3v) is 8.85. The molecule has 0 radical (unpaired) electrons. The van der Waals surface area contributed by atoms with E-state index in [0.717, 1.165) is 23.1 Å². The summed E-state index contributed by atoms with van der Waals surface area (Å²) in [5.74, 6) is 0. The van der Waals surface area contributed by atoms with Crippen LogP contribution in [0.3, 0.4) is 0 Å². The molecule has 0 aliphatic rings. The van der Waals surface area contributed by atoms with Gasteiger partial charge in [-0.25, -0.2) is 4.98 Å². The average Bonchev–Trinajstić information content (AvgIpc) is 3.09. The van der Waals surface area contributed by atoms with Crippen LogP contribution in [0.25, 0.3) is 49.4 Å². The monoisotopic (exact) mass is 576 g/mol. The van der Waals surface area contributed by atoms with Crippen LogP contribution in [0.4, 0.5) is 17.1 Å². The van der Waals surface area contributed by atoms with Crippen LogP contribution in [0.2, 0.25) is 0 Å². The number of aryl methyl sites for hydroxylation is 1. The van der Waals surface area contributed by atoms with Gasteiger partial charge in [0.15, 0.2) is 0 Å². The Kier molecular flexibility index (Phi) is 6.81. The van der Waals surface area contributed by atoms with Crippen LogP contribution in [0.5, 0.6) is 0 Å². The molecule has 0 aliphatic carbocycles. The first-order valence-electron chi connectivity index (χ1n) is 15.5. The Morgan fingerprint density at radius 2 is 1.04 bits per heavy atom. The Morgan fingerprint density at radius 1 is 0.533 bits per heavy atom. The minimum atomic E-state index is 0.836. The van der Waals surface area contributed by atoms with Gasteiger partial charge in [0.1, 0.15) is 0 Å². The summed E-state index contributed by atoms with van der Waals surface area (Å²) < 4.78 is 0. The van der Waals surface area contributed by atoms with Crippen molar-refractivity contribution in [3.63, 3.8) is 0 Å². The molecule has 0 atom stereocenters. The molecular formula is C43H32N2. The Balaban J connectivity index is 1.21. The fourth-order valence-corrected chi connectivity index (χ4v) is 6.65. The van der Waals surface area contributed by atoms with Crippen molar-refractivity contribution in [2.75, 3.05) is 4.90 Å². The van der Waals surface area contributed by atoms with E-state index < -0.39 is 0 Å². The third kappa shape index (κ3) is 4.91. The van der Waals surface area contributed by atoms with Crippen LogP contribution >= 0.6 is 0 Å². The number of anilines is 3. The molecule has 0 unspecified atom stereocenters. The number of nitrogens with zero attached hydrogens (tertiary/aromatic N) is 2. The lowest BCUT2D eigenvalue weighted by atomic mass is 9.99. The zero-order valence-electron chi connectivity index (χ0n) is 25.2. The van der Waals surface area contributed by atoms with Crippen LogP contribution in [0.1, 0.15) is 16.7 Å². The molecule has 1 aromatic heterocycles. The van der Waals surface area contributed by atoms with Crippen LogP contribution in [0.15, 0.2) is 158 Å². The van der Waals surface area contributed by atoms with Crippen molar-refractivity contribution in [3.8, 4) is 0 Å². The van der Waals surface area contributed by atoms with Crippen LogP contribution in [-0.4, -0.2) is 4.98 Å². The maximum atomic E-state index is 4.90. The minimum Gasteiger partial charge on any atom is -0.309 e. The number of benzene rings is 7. The fraction of sp³-hybridized carbons (Fsp3) is 0.0465. The largest absolute Gasteiger partial charge is 0.309 e. The van der Waals surface area contributed by atoms with Crippen LogP contribution in [0, 0.1) is 6.92 Å². The first kappa shape index (κ1) is 26.9. The average molecular weight is 577 g/mol. The lowest BCUT2D eigenvalue weighted by Gasteiger charge is -2.28. The highest BCUT2D eigenvalue weighted by Gasteiger charge is 2.18. The first-order valence-corrected chi connectivity index (χ1v) is 15.5. The van der Waals surface area contributed by atoms with Crippen molar-refractivity contribution < 1.29 is 0 Å². The Morgan fingerprint density at radius 3 is 1.62 bits per heavy atom. The highest BCUT2D eigenvalue weighted by molar-refractivity contribution is 6.05. The molecular weight excluding hydrogens is 544 g/mol. The highest BCUT2D eigenvalue weighted by Crippen LogP contribution is 2.42. The number of aromatic nitrogens is 1. The maximum Gasteiger partial charge on any atom is 0.0712 e. The van der Waals surface area contributed by atoms with Gasteiger partial charge in [-0.3, -0.25) is 0 Å². The number of allylic oxidation sites excluding steroid dienone is 1. The van der Waals surface area contributed by atoms with Gasteiger partial charge in [0.2, 0.25) is 0 Å². The second-order valence-electron chi connectivity index (χ2n) is 11.6. The predicted molar refractivity (Wildman–Crippen MR) is 193 cm³/mol. The number of rotatable bonds is 6. The van der Waals surface area contributed by atoms with Crippen molar-refractivity contribution in [1.82, 2.24) is 4.98 Å². The summed E-state index contributed by atoms with van der Waals surface area (Å²) in [5, 5.41) is 7.35. The zero-order valence-corrected chi connectivity index (χ0v) is 25.2. The lowest BCUT2D eigenvalue weighted by molar-refractivity contribution is 1.29. The van der Waals surface area contributed by atoms with E-state index in [1.54, 1.807) is 0 Å². The number of pyridine rings is 1. The van der Waals surface area contributed by atoms with E-state index in [1.165, 1.54) is 60.4 Å². The van der Waals surface area contributed by atoms with Gasteiger partial charge < -0.3 is 4.90 Å². The highest BCUT2D eigenvalue weighted by atomic mass is 15.1. The topological polar surface area (TPSA) is 16.1 Å². The molecule has 8 aromatic rings. The fourth-order valence-electron chi connectivity index (χ4n) is 6.65. The second kappa shape index (κ2) is 11.4. The Hall–Kier alpha value is -5.73. The Labute approximate surface area is 263 Å². The van der Waals surface area contributed by atoms with E-state index in [9.17, 15) is 0 Å². The van der Waals surface area contributed by atoms with Gasteiger partial charge in [-0.15, -0.1) is 0 Å². The molecule has 0 spiro atoms. The molecule has 0 N–H and O–H groups in total. The lowest BCUT2D eigenvalue weighted by Crippen LogP contribution is -2.11. The third-order valence-electron chi connectivity index (χ3n) is 8.85. The van der Waals surface area contributed by atoms with E-state index in [0.29, 0.717) is 0 Å². The molecule has 214 valence electrons. The van der Waals surface area contributed by atoms with Gasteiger partial charge >= 0.3 is 0 Å². The predicted octanol–water partition coefficient (Wildman–Crippen LogP) is 11.7. The maximum absolute atomic E-state index is 4.90. The SMILES string of the molecule is Cc1cc(N(c2cccc3ccccc23)c2cccc3ccccc23)ccc1C=CCc1c2ccccc2nc2ccccc12. The van der Waals surface area contributed by atoms with Crippen molar-refractivity contribution in [3.05, 3.63) is 174 Å². The summed E-state index contributed by atoms with van der Waals surface area (Å²) in [4.78, 5) is 7.32. The number of fused-ring (bicyclic) bond motifs is 4. The standard InChI is InChI=1S/C43H32N2/c1-30-29-34(28-27-31(30)15-10-22-37-38-20-6-8-23-40(38)44-41-24-9-7-21-39(37)41)45(42-25-11-16-32-13-2-4-18-35(32)42)43-26-12-17-33-14-3-5-19-36(33)43/h2-21,23-29H,22H2,1H3. The van der Waals surface area contributed by atoms with E-state index in [-0.39, 0.29) is 0 Å². The molecule has 0 amide bonds. The van der Waals surface area contributed by atoms with Gasteiger partial charge in [-0.2, -0.15) is 0 Å². The molecule has 0 bridgehead atoms. The summed E-state index contributed by atoms with van der Waals surface area (Å²) in [6.45, 7) is 2.21. The molecule has 7 aromatic carbocycles. The number of para-hydroxylation sites is 2. The summed E-state index contributed by atoms with van der Waals surface area (Å²) in [5.41, 5.74) is 9.34. The van der Waals surface area contributed by atoms with Gasteiger partial charge in [0.25, 0.3) is 0 Å². The van der Waals surface area contributed by atoms with Crippen molar-refractivity contribution in [2.24, 2.45) is 0 Å². The number of hydrogen-bond acceptors (Lipinski definition) is 2. The van der Waals surface area contributed by atoms with Crippen molar-refractivity contribution in [1.29, 1.82) is 0 Å². The summed E-state index contributed by atoms with van der Waals surface area (Å²) in [6.07, 6.45) is 5.40. The van der Waals surface area contributed by atoms with Gasteiger partial charge in [-0.05, 0) is 77.2 Å². The minimum absolute atomic E-state index is 0.836. The smallest absolute Gasteiger partial charge is 0.0712 e. The van der Waals surface area contributed by atoms with E-state index in [1.807, 2.05) is 0 Å². The van der Waals surface area contributed by atoms with Crippen LogP contribution < -0.4 is 4.90 Å². The normalized spacial score (nSPS) is 11.7. The van der Waals surface area contributed by atoms with E-state index >= 15 is 0 Å². The van der Waals surface area contributed by atoms with E-state index in [2.05, 4.69) is 176 Å². The van der Waals surface area contributed by atoms with Gasteiger partial charge in [-0.1, -0.05) is 127 Å². The van der Waals surface area contributed by atoms with Gasteiger partial charge in [0, 0.05) is 27.2 Å². The zero-order chi connectivity index (χ0) is 30.2. The summed E-state index contributed by atoms with van der Waals surface area (Å²) >= 11 is 0. The van der Waals surface area contributed by atoms with Gasteiger partial charge in [0.05, 0.1) is 22.4 Å². The molecule has 0 fully saturated rings. The molecule has 45 heavy (non-hydrogen) atoms. The van der Waals surface area contributed by atoms with E-state index in [4.69, 9.17) is 4.98 Å². The molecule has 8 rings (SSSR count). The van der Waals surface area contributed by atoms with Crippen LogP contribution in [-0.2, 0) is 6.42 Å². The number of hydrogen-bond donors (Lipinski definition) is 0. The second-order valence-corrected chi connectivity index (χ2v) is 11.6. The Bertz CT molecular complexity index is 2240. The quantitative estimate of drug-likeness (QED) is 0.183. The molecule has 2 nitrogen and oxygen atoms in total. The molecule has 1 heterocycles. The summed E-state index contributed by atoms with van der Waals surface area (Å²) in [7, 11) is 0.